The lowest BCUT2D eigenvalue weighted by molar-refractivity contribution is 0.576. The van der Waals surface area contributed by atoms with E-state index in [2.05, 4.69) is 15.0 Å². The molecule has 2 aromatic heterocycles. The Morgan fingerprint density at radius 3 is 2.76 bits per heavy atom. The highest BCUT2D eigenvalue weighted by molar-refractivity contribution is 7.89. The number of rotatable bonds is 6. The van der Waals surface area contributed by atoms with E-state index in [0.29, 0.717) is 5.65 Å². The van der Waals surface area contributed by atoms with Crippen molar-refractivity contribution in [3.05, 3.63) is 24.4 Å². The summed E-state index contributed by atoms with van der Waals surface area (Å²) >= 11 is 0. The number of anilines is 1. The van der Waals surface area contributed by atoms with Crippen molar-refractivity contribution in [1.82, 2.24) is 14.1 Å². The predicted molar refractivity (Wildman–Crippen MR) is 83.5 cm³/mol. The molecule has 0 aromatic carbocycles. The van der Waals surface area contributed by atoms with E-state index in [4.69, 9.17) is 0 Å². The van der Waals surface area contributed by atoms with Gasteiger partial charge >= 0.3 is 0 Å². The second kappa shape index (κ2) is 6.12. The van der Waals surface area contributed by atoms with E-state index >= 15 is 0 Å². The van der Waals surface area contributed by atoms with Gasteiger partial charge in [0.05, 0.1) is 0 Å². The Labute approximate surface area is 126 Å². The maximum Gasteiger partial charge on any atom is 0.260 e. The largest absolute Gasteiger partial charge is 0.371 e. The summed E-state index contributed by atoms with van der Waals surface area (Å²) in [7, 11) is -3.24. The molecule has 0 saturated heterocycles. The fourth-order valence-corrected chi connectivity index (χ4v) is 3.65. The van der Waals surface area contributed by atoms with Gasteiger partial charge in [-0.1, -0.05) is 6.07 Å². The van der Waals surface area contributed by atoms with Gasteiger partial charge in [-0.05, 0) is 19.1 Å². The molecule has 2 atom stereocenters. The highest BCUT2D eigenvalue weighted by atomic mass is 32.2. The highest BCUT2D eigenvalue weighted by Crippen LogP contribution is 2.22. The number of nitrogens with one attached hydrogen (secondary N) is 2. The van der Waals surface area contributed by atoms with Crippen molar-refractivity contribution in [2.75, 3.05) is 25.2 Å². The molecule has 2 heterocycles. The summed E-state index contributed by atoms with van der Waals surface area (Å²) in [6, 6.07) is 5.24. The number of hydrogen-bond acceptors (Lipinski definition) is 5. The lowest BCUT2D eigenvalue weighted by Gasteiger charge is -2.11. The lowest BCUT2D eigenvalue weighted by atomic mass is 10.5. The molecule has 116 valence electrons. The topological polar surface area (TPSA) is 92.6 Å². The maximum absolute atomic E-state index is 12.5. The highest BCUT2D eigenvalue weighted by Gasteiger charge is 2.25. The predicted octanol–water partition coefficient (Wildman–Crippen LogP) is 0.421. The molecule has 0 aliphatic rings. The van der Waals surface area contributed by atoms with E-state index in [1.54, 1.807) is 44.6 Å². The average Bonchev–Trinajstić information content (AvgIpc) is 2.83. The summed E-state index contributed by atoms with van der Waals surface area (Å²) in [5.74, 6) is 0.277. The Morgan fingerprint density at radius 2 is 2.14 bits per heavy atom. The smallest absolute Gasteiger partial charge is 0.260 e. The van der Waals surface area contributed by atoms with Gasteiger partial charge in [0.15, 0.2) is 10.8 Å². The molecule has 0 radical (unpaired) electrons. The minimum absolute atomic E-state index is 0.0506. The minimum atomic E-state index is -3.76. The summed E-state index contributed by atoms with van der Waals surface area (Å²) < 4.78 is 40.3. The second-order valence-corrected chi connectivity index (χ2v) is 8.09. The molecule has 2 aromatic rings. The molecule has 9 heteroatoms. The fourth-order valence-electron chi connectivity index (χ4n) is 1.81. The summed E-state index contributed by atoms with van der Waals surface area (Å²) in [6.45, 7) is 1.83. The first-order valence-corrected chi connectivity index (χ1v) is 9.44. The van der Waals surface area contributed by atoms with E-state index in [0.717, 1.165) is 0 Å². The fraction of sp³-hybridized carbons (Fsp3) is 0.417. The van der Waals surface area contributed by atoms with Crippen LogP contribution in [0.5, 0.6) is 0 Å². The normalized spacial score (nSPS) is 15.0. The number of fused-ring (bicyclic) bond motifs is 1. The minimum Gasteiger partial charge on any atom is -0.371 e. The zero-order valence-electron chi connectivity index (χ0n) is 12.0. The molecule has 21 heavy (non-hydrogen) atoms. The average molecular weight is 330 g/mol. The van der Waals surface area contributed by atoms with Crippen molar-refractivity contribution >= 4 is 32.3 Å². The molecular weight excluding hydrogens is 312 g/mol. The molecule has 0 amide bonds. The molecule has 0 aliphatic heterocycles. The molecule has 2 unspecified atom stereocenters. The van der Waals surface area contributed by atoms with Gasteiger partial charge in [0.25, 0.3) is 10.0 Å². The monoisotopic (exact) mass is 330 g/mol. The van der Waals surface area contributed by atoms with Crippen LogP contribution in [0.25, 0.3) is 5.65 Å². The zero-order valence-corrected chi connectivity index (χ0v) is 13.7. The molecular formula is C12H18N4O3S2. The van der Waals surface area contributed by atoms with E-state index in [-0.39, 0.29) is 22.6 Å². The number of aromatic nitrogens is 2. The molecule has 0 fully saturated rings. The third-order valence-corrected chi connectivity index (χ3v) is 5.85. The first-order chi connectivity index (χ1) is 9.86. The van der Waals surface area contributed by atoms with Gasteiger partial charge in [-0.15, -0.1) is 0 Å². The molecule has 2 rings (SSSR count). The Hall–Kier alpha value is -1.45. The van der Waals surface area contributed by atoms with Crippen LogP contribution < -0.4 is 10.0 Å². The van der Waals surface area contributed by atoms with E-state index < -0.39 is 20.8 Å². The van der Waals surface area contributed by atoms with Crippen LogP contribution in [-0.2, 0) is 20.8 Å². The molecule has 0 spiro atoms. The summed E-state index contributed by atoms with van der Waals surface area (Å²) in [5.41, 5.74) is 0.536. The maximum atomic E-state index is 12.5. The van der Waals surface area contributed by atoms with Crippen LogP contribution in [0.3, 0.4) is 0 Å². The van der Waals surface area contributed by atoms with Crippen molar-refractivity contribution in [1.29, 1.82) is 0 Å². The van der Waals surface area contributed by atoms with Crippen LogP contribution in [-0.4, -0.2) is 47.1 Å². The zero-order chi connectivity index (χ0) is 15.6. The van der Waals surface area contributed by atoms with Crippen LogP contribution in [0.1, 0.15) is 6.92 Å². The van der Waals surface area contributed by atoms with Gasteiger partial charge in [0, 0.05) is 42.1 Å². The first-order valence-electron chi connectivity index (χ1n) is 6.33. The number of pyridine rings is 1. The van der Waals surface area contributed by atoms with Gasteiger partial charge in [-0.2, -0.15) is 0 Å². The van der Waals surface area contributed by atoms with Gasteiger partial charge in [-0.25, -0.2) is 18.1 Å². The molecule has 0 aliphatic carbocycles. The van der Waals surface area contributed by atoms with Crippen LogP contribution in [0.15, 0.2) is 29.4 Å². The first kappa shape index (κ1) is 15.9. The number of hydrogen-bond donors (Lipinski definition) is 2. The van der Waals surface area contributed by atoms with Crippen LogP contribution in [0.4, 0.5) is 5.82 Å². The van der Waals surface area contributed by atoms with Crippen LogP contribution >= 0.6 is 0 Å². The van der Waals surface area contributed by atoms with Crippen LogP contribution in [0.2, 0.25) is 0 Å². The second-order valence-electron chi connectivity index (χ2n) is 4.61. The number of sulfonamides is 1. The molecule has 2 N–H and O–H groups in total. The van der Waals surface area contributed by atoms with Crippen LogP contribution in [0, 0.1) is 0 Å². The van der Waals surface area contributed by atoms with E-state index in [1.165, 1.54) is 4.40 Å². The summed E-state index contributed by atoms with van der Waals surface area (Å²) in [6.07, 6.45) is 3.19. The van der Waals surface area contributed by atoms with Gasteiger partial charge in [0.2, 0.25) is 0 Å². The van der Waals surface area contributed by atoms with Crippen molar-refractivity contribution in [3.8, 4) is 0 Å². The Kier molecular flexibility index (Phi) is 4.64. The van der Waals surface area contributed by atoms with Gasteiger partial charge in [-0.3, -0.25) is 8.61 Å². The number of nitrogens with zero attached hydrogens (tertiary/aromatic N) is 2. The van der Waals surface area contributed by atoms with Crippen molar-refractivity contribution in [2.24, 2.45) is 0 Å². The molecule has 7 nitrogen and oxygen atoms in total. The van der Waals surface area contributed by atoms with Crippen molar-refractivity contribution in [2.45, 2.75) is 17.2 Å². The van der Waals surface area contributed by atoms with E-state index in [1.807, 2.05) is 0 Å². The Morgan fingerprint density at radius 1 is 1.43 bits per heavy atom. The van der Waals surface area contributed by atoms with E-state index in [9.17, 15) is 12.6 Å². The quantitative estimate of drug-likeness (QED) is 0.801. The standard InChI is InChI=1S/C12H18N4O3S2/c1-9(20(3)17)8-14-21(18,19)12-11(13-2)15-10-6-4-5-7-16(10)12/h4-7,9,13-14H,8H2,1-3H3. The van der Waals surface area contributed by atoms with Gasteiger partial charge < -0.3 is 5.32 Å². The molecule has 0 saturated carbocycles. The summed E-state index contributed by atoms with van der Waals surface area (Å²) in [4.78, 5) is 4.23. The lowest BCUT2D eigenvalue weighted by Crippen LogP contribution is -2.33. The third-order valence-electron chi connectivity index (χ3n) is 3.10. The Balaban J connectivity index is 2.42. The summed E-state index contributed by atoms with van der Waals surface area (Å²) in [5, 5.41) is 2.57. The van der Waals surface area contributed by atoms with Gasteiger partial charge in [0.1, 0.15) is 5.65 Å². The SMILES string of the molecule is CNc1nc2ccccn2c1S(=O)(=O)NCC(C)S(C)=O. The van der Waals surface area contributed by atoms with Crippen molar-refractivity contribution < 1.29 is 12.6 Å². The Bertz CT molecular complexity index is 770. The third kappa shape index (κ3) is 3.25. The number of imidazole rings is 1. The van der Waals surface area contributed by atoms with Crippen molar-refractivity contribution in [3.63, 3.8) is 0 Å². The molecule has 0 bridgehead atoms.